The summed E-state index contributed by atoms with van der Waals surface area (Å²) >= 11 is 0. The van der Waals surface area contributed by atoms with Crippen LogP contribution in [-0.2, 0) is 4.79 Å². The van der Waals surface area contributed by atoms with E-state index in [-0.39, 0.29) is 11.8 Å². The zero-order chi connectivity index (χ0) is 14.3. The molecule has 1 rings (SSSR count). The number of hydrogen-bond acceptors (Lipinski definition) is 4. The Morgan fingerprint density at radius 1 is 1.26 bits per heavy atom. The number of carbonyl (C=O) groups excluding carboxylic acids is 1. The summed E-state index contributed by atoms with van der Waals surface area (Å²) in [4.78, 5) is 12.1. The van der Waals surface area contributed by atoms with Gasteiger partial charge in [0.1, 0.15) is 0 Å². The molecule has 0 saturated heterocycles. The molecule has 0 aromatic heterocycles. The highest BCUT2D eigenvalue weighted by Crippen LogP contribution is 2.29. The molecule has 0 heterocycles. The van der Waals surface area contributed by atoms with Crippen molar-refractivity contribution in [3.63, 3.8) is 0 Å². The molecule has 1 atom stereocenters. The number of methoxy groups -OCH3 is 2. The van der Waals surface area contributed by atoms with Crippen molar-refractivity contribution in [2.24, 2.45) is 5.92 Å². The standard InChI is InChI=1S/C14H22N2O3/c1-5-10(9-15-2)14(17)16-11-6-7-12(18-3)13(8-11)19-4/h6-8,10,15H,5,9H2,1-4H3,(H,16,17). The SMILES string of the molecule is CCC(CNC)C(=O)Nc1ccc(OC)c(OC)c1. The highest BCUT2D eigenvalue weighted by molar-refractivity contribution is 5.93. The average Bonchev–Trinajstić information content (AvgIpc) is 2.44. The van der Waals surface area contributed by atoms with E-state index < -0.39 is 0 Å². The quantitative estimate of drug-likeness (QED) is 0.791. The molecule has 106 valence electrons. The molecule has 1 aromatic carbocycles. The van der Waals surface area contributed by atoms with Gasteiger partial charge in [-0.15, -0.1) is 0 Å². The average molecular weight is 266 g/mol. The van der Waals surface area contributed by atoms with Gasteiger partial charge in [-0.25, -0.2) is 0 Å². The lowest BCUT2D eigenvalue weighted by Gasteiger charge is -2.15. The van der Waals surface area contributed by atoms with Crippen LogP contribution < -0.4 is 20.1 Å². The first-order valence-corrected chi connectivity index (χ1v) is 6.33. The van der Waals surface area contributed by atoms with Crippen molar-refractivity contribution in [3.05, 3.63) is 18.2 Å². The molecule has 0 bridgehead atoms. The minimum atomic E-state index is -0.0434. The maximum Gasteiger partial charge on any atom is 0.228 e. The van der Waals surface area contributed by atoms with E-state index >= 15 is 0 Å². The minimum Gasteiger partial charge on any atom is -0.493 e. The maximum absolute atomic E-state index is 12.1. The van der Waals surface area contributed by atoms with E-state index in [4.69, 9.17) is 9.47 Å². The summed E-state index contributed by atoms with van der Waals surface area (Å²) < 4.78 is 10.4. The summed E-state index contributed by atoms with van der Waals surface area (Å²) in [7, 11) is 4.99. The molecule has 0 saturated carbocycles. The van der Waals surface area contributed by atoms with Gasteiger partial charge in [0.25, 0.3) is 0 Å². The monoisotopic (exact) mass is 266 g/mol. The Hall–Kier alpha value is -1.75. The van der Waals surface area contributed by atoms with E-state index in [1.54, 1.807) is 32.4 Å². The normalized spacial score (nSPS) is 11.8. The Morgan fingerprint density at radius 3 is 2.47 bits per heavy atom. The Morgan fingerprint density at radius 2 is 1.95 bits per heavy atom. The van der Waals surface area contributed by atoms with Crippen LogP contribution in [0.4, 0.5) is 5.69 Å². The number of nitrogens with one attached hydrogen (secondary N) is 2. The van der Waals surface area contributed by atoms with Crippen LogP contribution in [0.2, 0.25) is 0 Å². The molecule has 19 heavy (non-hydrogen) atoms. The Kier molecular flexibility index (Phi) is 6.15. The predicted molar refractivity (Wildman–Crippen MR) is 75.9 cm³/mol. The first-order chi connectivity index (χ1) is 9.15. The zero-order valence-electron chi connectivity index (χ0n) is 11.9. The molecule has 5 nitrogen and oxygen atoms in total. The van der Waals surface area contributed by atoms with Crippen LogP contribution in [0.25, 0.3) is 0 Å². The Labute approximate surface area is 114 Å². The third-order valence-electron chi connectivity index (χ3n) is 2.97. The second kappa shape index (κ2) is 7.63. The van der Waals surface area contributed by atoms with Crippen LogP contribution in [0.15, 0.2) is 18.2 Å². The van der Waals surface area contributed by atoms with E-state index in [0.29, 0.717) is 23.7 Å². The largest absolute Gasteiger partial charge is 0.493 e. The van der Waals surface area contributed by atoms with Gasteiger partial charge in [0, 0.05) is 18.3 Å². The third kappa shape index (κ3) is 4.13. The third-order valence-corrected chi connectivity index (χ3v) is 2.97. The summed E-state index contributed by atoms with van der Waals surface area (Å²) in [6.45, 7) is 2.66. The van der Waals surface area contributed by atoms with Crippen molar-refractivity contribution in [3.8, 4) is 11.5 Å². The van der Waals surface area contributed by atoms with Gasteiger partial charge >= 0.3 is 0 Å². The van der Waals surface area contributed by atoms with Crippen LogP contribution in [0.5, 0.6) is 11.5 Å². The maximum atomic E-state index is 12.1. The molecule has 2 N–H and O–H groups in total. The first-order valence-electron chi connectivity index (χ1n) is 6.33. The van der Waals surface area contributed by atoms with E-state index in [1.165, 1.54) is 0 Å². The van der Waals surface area contributed by atoms with Crippen LogP contribution in [0.3, 0.4) is 0 Å². The molecule has 1 amide bonds. The summed E-state index contributed by atoms with van der Waals surface area (Å²) in [6, 6.07) is 5.32. The second-order valence-electron chi connectivity index (χ2n) is 4.22. The lowest BCUT2D eigenvalue weighted by atomic mass is 10.1. The molecule has 1 aromatic rings. The lowest BCUT2D eigenvalue weighted by molar-refractivity contribution is -0.119. The molecule has 0 aliphatic carbocycles. The molecule has 0 aliphatic heterocycles. The number of anilines is 1. The summed E-state index contributed by atoms with van der Waals surface area (Å²) in [5.74, 6) is 1.20. The number of ether oxygens (including phenoxy) is 2. The van der Waals surface area contributed by atoms with Crippen LogP contribution in [-0.4, -0.2) is 33.7 Å². The smallest absolute Gasteiger partial charge is 0.228 e. The fraction of sp³-hybridized carbons (Fsp3) is 0.500. The van der Waals surface area contributed by atoms with Gasteiger partial charge in [0.05, 0.1) is 20.1 Å². The van der Waals surface area contributed by atoms with E-state index in [0.717, 1.165) is 6.42 Å². The number of benzene rings is 1. The highest BCUT2D eigenvalue weighted by Gasteiger charge is 2.16. The second-order valence-corrected chi connectivity index (χ2v) is 4.22. The van der Waals surface area contributed by atoms with Crippen molar-refractivity contribution in [1.29, 1.82) is 0 Å². The van der Waals surface area contributed by atoms with E-state index in [2.05, 4.69) is 10.6 Å². The fourth-order valence-corrected chi connectivity index (χ4v) is 1.83. The fourth-order valence-electron chi connectivity index (χ4n) is 1.83. The minimum absolute atomic E-state index is 0.00377. The molecular formula is C14H22N2O3. The molecule has 0 radical (unpaired) electrons. The van der Waals surface area contributed by atoms with E-state index in [1.807, 2.05) is 14.0 Å². The molecular weight excluding hydrogens is 244 g/mol. The number of carbonyl (C=O) groups is 1. The van der Waals surface area contributed by atoms with Gasteiger partial charge in [-0.1, -0.05) is 6.92 Å². The lowest BCUT2D eigenvalue weighted by Crippen LogP contribution is -2.30. The van der Waals surface area contributed by atoms with Crippen molar-refractivity contribution < 1.29 is 14.3 Å². The number of rotatable bonds is 7. The molecule has 0 fully saturated rings. The van der Waals surface area contributed by atoms with Gasteiger partial charge in [-0.3, -0.25) is 4.79 Å². The first kappa shape index (κ1) is 15.3. The van der Waals surface area contributed by atoms with Gasteiger partial charge in [0.2, 0.25) is 5.91 Å². The van der Waals surface area contributed by atoms with Gasteiger partial charge in [-0.05, 0) is 25.6 Å². The van der Waals surface area contributed by atoms with Gasteiger partial charge in [0.15, 0.2) is 11.5 Å². The van der Waals surface area contributed by atoms with Gasteiger partial charge < -0.3 is 20.1 Å². The van der Waals surface area contributed by atoms with Crippen LogP contribution in [0, 0.1) is 5.92 Å². The van der Waals surface area contributed by atoms with Crippen LogP contribution in [0.1, 0.15) is 13.3 Å². The molecule has 1 unspecified atom stereocenters. The summed E-state index contributed by atoms with van der Waals surface area (Å²) in [5.41, 5.74) is 0.706. The molecule has 0 spiro atoms. The molecule has 0 aliphatic rings. The van der Waals surface area contributed by atoms with Crippen molar-refractivity contribution in [1.82, 2.24) is 5.32 Å². The van der Waals surface area contributed by atoms with Gasteiger partial charge in [-0.2, -0.15) is 0 Å². The van der Waals surface area contributed by atoms with Crippen molar-refractivity contribution in [2.75, 3.05) is 33.1 Å². The highest BCUT2D eigenvalue weighted by atomic mass is 16.5. The van der Waals surface area contributed by atoms with Crippen molar-refractivity contribution in [2.45, 2.75) is 13.3 Å². The van der Waals surface area contributed by atoms with Crippen molar-refractivity contribution >= 4 is 11.6 Å². The Bertz CT molecular complexity index is 421. The molecule has 5 heteroatoms. The summed E-state index contributed by atoms with van der Waals surface area (Å²) in [5, 5.41) is 5.91. The number of hydrogen-bond donors (Lipinski definition) is 2. The zero-order valence-corrected chi connectivity index (χ0v) is 11.9. The Balaban J connectivity index is 2.79. The van der Waals surface area contributed by atoms with E-state index in [9.17, 15) is 4.79 Å². The summed E-state index contributed by atoms with van der Waals surface area (Å²) in [6.07, 6.45) is 0.792. The van der Waals surface area contributed by atoms with Crippen LogP contribution >= 0.6 is 0 Å². The predicted octanol–water partition coefficient (Wildman–Crippen LogP) is 1.89. The topological polar surface area (TPSA) is 59.6 Å². The number of amides is 1.